The zero-order chi connectivity index (χ0) is 25.5. The van der Waals surface area contributed by atoms with Gasteiger partial charge in [0.25, 0.3) is 5.91 Å². The Morgan fingerprint density at radius 2 is 1.86 bits per heavy atom. The van der Waals surface area contributed by atoms with E-state index in [4.69, 9.17) is 18.9 Å². The summed E-state index contributed by atoms with van der Waals surface area (Å²) in [7, 11) is 0. The number of benzene rings is 2. The molecule has 194 valence electrons. The Morgan fingerprint density at radius 1 is 1.11 bits per heavy atom. The fourth-order valence-corrected chi connectivity index (χ4v) is 4.41. The molecule has 0 spiro atoms. The number of nitrogens with zero attached hydrogens (tertiary/aromatic N) is 1. The number of hydrogen-bond donors (Lipinski definition) is 2. The van der Waals surface area contributed by atoms with E-state index in [1.165, 1.54) is 13.8 Å². The first-order valence-electron chi connectivity index (χ1n) is 12.3. The topological polar surface area (TPSA) is 107 Å². The summed E-state index contributed by atoms with van der Waals surface area (Å²) in [5, 5.41) is 12.2. The van der Waals surface area contributed by atoms with Crippen LogP contribution in [0.25, 0.3) is 0 Å². The second-order valence-electron chi connectivity index (χ2n) is 9.13. The van der Waals surface area contributed by atoms with Gasteiger partial charge in [-0.25, -0.2) is 0 Å². The minimum Gasteiger partial charge on any atom is -0.453 e. The molecular formula is C27H34N2O7. The number of hydrogen-bond acceptors (Lipinski definition) is 8. The average Bonchev–Trinajstić information content (AvgIpc) is 2.89. The lowest BCUT2D eigenvalue weighted by Crippen LogP contribution is -2.44. The highest BCUT2D eigenvalue weighted by Gasteiger charge is 2.33. The van der Waals surface area contributed by atoms with Crippen LogP contribution >= 0.6 is 0 Å². The summed E-state index contributed by atoms with van der Waals surface area (Å²) in [5.41, 5.74) is 3.20. The molecular weight excluding hydrogens is 464 g/mol. The summed E-state index contributed by atoms with van der Waals surface area (Å²) in [6, 6.07) is 15.1. The first-order chi connectivity index (χ1) is 17.4. The molecule has 2 aliphatic rings. The number of rotatable bonds is 8. The van der Waals surface area contributed by atoms with Crippen molar-refractivity contribution in [3.05, 3.63) is 65.2 Å². The lowest BCUT2D eigenvalue weighted by atomic mass is 9.99. The molecule has 9 nitrogen and oxygen atoms in total. The number of aliphatic hydroxyl groups excluding tert-OH is 1. The first kappa shape index (κ1) is 26.2. The van der Waals surface area contributed by atoms with Crippen molar-refractivity contribution in [3.8, 4) is 0 Å². The fraction of sp³-hybridized carbons (Fsp3) is 0.481. The van der Waals surface area contributed by atoms with Gasteiger partial charge in [-0.05, 0) is 30.2 Å². The lowest BCUT2D eigenvalue weighted by molar-refractivity contribution is -0.253. The van der Waals surface area contributed by atoms with Crippen LogP contribution in [0.4, 0.5) is 5.69 Å². The van der Waals surface area contributed by atoms with Crippen LogP contribution in [0, 0.1) is 0 Å². The van der Waals surface area contributed by atoms with Crippen molar-refractivity contribution in [1.29, 1.82) is 0 Å². The van der Waals surface area contributed by atoms with Crippen LogP contribution in [-0.4, -0.2) is 66.9 Å². The highest BCUT2D eigenvalue weighted by molar-refractivity contribution is 5.95. The van der Waals surface area contributed by atoms with E-state index in [0.717, 1.165) is 36.3 Å². The molecule has 0 bridgehead atoms. The van der Waals surface area contributed by atoms with Crippen LogP contribution in [0.3, 0.4) is 0 Å². The number of nitrogens with one attached hydrogen (secondary N) is 1. The maximum absolute atomic E-state index is 12.4. The Labute approximate surface area is 211 Å². The third-order valence-electron chi connectivity index (χ3n) is 6.32. The minimum atomic E-state index is -0.905. The van der Waals surface area contributed by atoms with E-state index in [0.29, 0.717) is 25.3 Å². The number of ether oxygens (including phenoxy) is 4. The molecule has 9 heteroatoms. The Kier molecular flexibility index (Phi) is 9.06. The van der Waals surface area contributed by atoms with Gasteiger partial charge in [0, 0.05) is 44.2 Å². The monoisotopic (exact) mass is 498 g/mol. The van der Waals surface area contributed by atoms with Crippen molar-refractivity contribution >= 4 is 17.6 Å². The molecule has 4 rings (SSSR count). The summed E-state index contributed by atoms with van der Waals surface area (Å²) >= 11 is 0. The molecule has 0 aliphatic carbocycles. The second-order valence-corrected chi connectivity index (χ2v) is 9.13. The third kappa shape index (κ3) is 7.11. The third-order valence-corrected chi connectivity index (χ3v) is 6.32. The maximum atomic E-state index is 12.4. The SMILES string of the molecule is CC(=O)OC(C)C(=O)Nc1cccc(C2OC(CN3CCOCC3)CC(c3ccc(CO)cc3)O2)c1. The molecule has 0 aromatic heterocycles. The largest absolute Gasteiger partial charge is 0.453 e. The fourth-order valence-electron chi connectivity index (χ4n) is 4.41. The summed E-state index contributed by atoms with van der Waals surface area (Å²) in [4.78, 5) is 25.9. The lowest BCUT2D eigenvalue weighted by Gasteiger charge is -2.39. The Morgan fingerprint density at radius 3 is 2.56 bits per heavy atom. The molecule has 4 unspecified atom stereocenters. The zero-order valence-corrected chi connectivity index (χ0v) is 20.7. The van der Waals surface area contributed by atoms with Gasteiger partial charge >= 0.3 is 5.97 Å². The molecule has 0 radical (unpaired) electrons. The number of carbonyl (C=O) groups excluding carboxylic acids is 2. The van der Waals surface area contributed by atoms with Crippen molar-refractivity contribution in [3.63, 3.8) is 0 Å². The first-order valence-corrected chi connectivity index (χ1v) is 12.3. The van der Waals surface area contributed by atoms with E-state index in [1.807, 2.05) is 42.5 Å². The average molecular weight is 499 g/mol. The van der Waals surface area contributed by atoms with Crippen LogP contribution < -0.4 is 5.32 Å². The van der Waals surface area contributed by atoms with Gasteiger partial charge in [-0.15, -0.1) is 0 Å². The molecule has 0 saturated carbocycles. The van der Waals surface area contributed by atoms with Crippen molar-refractivity contribution in [2.45, 2.75) is 51.5 Å². The van der Waals surface area contributed by atoms with Crippen LogP contribution in [0.15, 0.2) is 48.5 Å². The summed E-state index contributed by atoms with van der Waals surface area (Å²) in [6.07, 6.45) is -1.09. The van der Waals surface area contributed by atoms with Crippen LogP contribution in [0.2, 0.25) is 0 Å². The van der Waals surface area contributed by atoms with Gasteiger partial charge in [-0.3, -0.25) is 14.5 Å². The van der Waals surface area contributed by atoms with E-state index in [2.05, 4.69) is 10.2 Å². The number of aliphatic hydroxyl groups is 1. The quantitative estimate of drug-likeness (QED) is 0.535. The molecule has 2 N–H and O–H groups in total. The van der Waals surface area contributed by atoms with Gasteiger partial charge in [-0.2, -0.15) is 0 Å². The Balaban J connectivity index is 1.51. The van der Waals surface area contributed by atoms with Gasteiger partial charge in [0.2, 0.25) is 0 Å². The van der Waals surface area contributed by atoms with Crippen LogP contribution in [0.5, 0.6) is 0 Å². The van der Waals surface area contributed by atoms with E-state index >= 15 is 0 Å². The normalized spacial score (nSPS) is 23.6. The van der Waals surface area contributed by atoms with Crippen molar-refractivity contribution in [2.75, 3.05) is 38.2 Å². The van der Waals surface area contributed by atoms with E-state index in [1.54, 1.807) is 6.07 Å². The second kappa shape index (κ2) is 12.4. The van der Waals surface area contributed by atoms with Gasteiger partial charge in [0.1, 0.15) is 0 Å². The molecule has 2 aliphatic heterocycles. The van der Waals surface area contributed by atoms with Gasteiger partial charge < -0.3 is 29.4 Å². The van der Waals surface area contributed by atoms with Crippen LogP contribution in [0.1, 0.15) is 49.4 Å². The predicted octanol–water partition coefficient (Wildman–Crippen LogP) is 2.95. The Hall–Kier alpha value is -2.82. The maximum Gasteiger partial charge on any atom is 0.303 e. The number of esters is 1. The van der Waals surface area contributed by atoms with E-state index in [9.17, 15) is 14.7 Å². The highest BCUT2D eigenvalue weighted by Crippen LogP contribution is 2.38. The Bertz CT molecular complexity index is 1020. The molecule has 2 fully saturated rings. The molecule has 2 aromatic carbocycles. The van der Waals surface area contributed by atoms with E-state index in [-0.39, 0.29) is 18.8 Å². The van der Waals surface area contributed by atoms with Gasteiger partial charge in [0.05, 0.1) is 32.0 Å². The molecule has 2 saturated heterocycles. The standard InChI is InChI=1S/C27H34N2O7/c1-18(34-19(2)31)26(32)28-23-5-3-4-22(14-23)27-35-24(16-29-10-12-33-13-11-29)15-25(36-27)21-8-6-20(17-30)7-9-21/h3-9,14,18,24-25,27,30H,10-13,15-17H2,1-2H3,(H,28,32). The molecule has 2 heterocycles. The zero-order valence-electron chi connectivity index (χ0n) is 20.7. The van der Waals surface area contributed by atoms with Crippen molar-refractivity contribution in [2.24, 2.45) is 0 Å². The summed E-state index contributed by atoms with van der Waals surface area (Å²) < 4.78 is 23.3. The molecule has 36 heavy (non-hydrogen) atoms. The predicted molar refractivity (Wildman–Crippen MR) is 132 cm³/mol. The summed E-state index contributed by atoms with van der Waals surface area (Å²) in [5.74, 6) is -0.931. The summed E-state index contributed by atoms with van der Waals surface area (Å²) in [6.45, 7) is 6.71. The molecule has 2 aromatic rings. The number of carbonyl (C=O) groups is 2. The van der Waals surface area contributed by atoms with Crippen molar-refractivity contribution in [1.82, 2.24) is 4.90 Å². The van der Waals surface area contributed by atoms with Gasteiger partial charge in [0.15, 0.2) is 12.4 Å². The van der Waals surface area contributed by atoms with Crippen LogP contribution in [-0.2, 0) is 35.1 Å². The van der Waals surface area contributed by atoms with Crippen molar-refractivity contribution < 1.29 is 33.6 Å². The number of anilines is 1. The van der Waals surface area contributed by atoms with Gasteiger partial charge in [-0.1, -0.05) is 36.4 Å². The van der Waals surface area contributed by atoms with E-state index < -0.39 is 24.3 Å². The minimum absolute atomic E-state index is 0.00815. The highest BCUT2D eigenvalue weighted by atomic mass is 16.7. The smallest absolute Gasteiger partial charge is 0.303 e. The molecule has 4 atom stereocenters. The number of amides is 1. The molecule has 1 amide bonds. The number of morpholine rings is 1.